The minimum Gasteiger partial charge on any atom is -0.490 e. The number of piperidine rings is 1. The van der Waals surface area contributed by atoms with Crippen LogP contribution in [0, 0.1) is 5.92 Å². The Kier molecular flexibility index (Phi) is 5.83. The van der Waals surface area contributed by atoms with Crippen LogP contribution in [0.5, 0.6) is 5.75 Å². The van der Waals surface area contributed by atoms with Crippen molar-refractivity contribution in [1.82, 2.24) is 9.88 Å². The molecule has 32 heavy (non-hydrogen) atoms. The Morgan fingerprint density at radius 3 is 2.50 bits per heavy atom. The maximum atomic E-state index is 12.8. The molecule has 1 aromatic heterocycles. The predicted octanol–water partition coefficient (Wildman–Crippen LogP) is 5.09. The second kappa shape index (κ2) is 8.91. The minimum absolute atomic E-state index is 0.132. The second-order valence-corrected chi connectivity index (χ2v) is 9.16. The van der Waals surface area contributed by atoms with Gasteiger partial charge in [-0.1, -0.05) is 37.3 Å². The van der Waals surface area contributed by atoms with Crippen molar-refractivity contribution in [2.24, 2.45) is 5.92 Å². The Bertz CT molecular complexity index is 1090. The van der Waals surface area contributed by atoms with E-state index in [1.807, 2.05) is 48.4 Å². The van der Waals surface area contributed by atoms with E-state index in [1.54, 1.807) is 0 Å². The van der Waals surface area contributed by atoms with Gasteiger partial charge in [-0.2, -0.15) is 0 Å². The number of hydrogen-bond acceptors (Lipinski definition) is 4. The smallest absolute Gasteiger partial charge is 0.251 e. The fraction of sp³-hybridized carbons (Fsp3) is 0.407. The highest BCUT2D eigenvalue weighted by molar-refractivity contribution is 5.83. The maximum absolute atomic E-state index is 12.8. The van der Waals surface area contributed by atoms with Crippen molar-refractivity contribution in [2.75, 3.05) is 13.1 Å². The third-order valence-electron chi connectivity index (χ3n) is 6.68. The monoisotopic (exact) mass is 430 g/mol. The Labute approximate surface area is 189 Å². The first kappa shape index (κ1) is 21.0. The molecule has 3 heterocycles. The summed E-state index contributed by atoms with van der Waals surface area (Å²) in [6, 6.07) is 18.5. The molecule has 5 rings (SSSR count). The van der Waals surface area contributed by atoms with Crippen LogP contribution in [0.4, 0.5) is 0 Å². The zero-order valence-corrected chi connectivity index (χ0v) is 18.7. The number of fused-ring (bicyclic) bond motifs is 1. The summed E-state index contributed by atoms with van der Waals surface area (Å²) in [6.07, 6.45) is 4.60. The van der Waals surface area contributed by atoms with Crippen molar-refractivity contribution in [1.29, 1.82) is 0 Å². The summed E-state index contributed by atoms with van der Waals surface area (Å²) < 4.78 is 12.1. The van der Waals surface area contributed by atoms with E-state index < -0.39 is 0 Å². The molecule has 5 nitrogen and oxygen atoms in total. The molecule has 2 aliphatic rings. The van der Waals surface area contributed by atoms with E-state index in [2.05, 4.69) is 36.2 Å². The number of carbonyl (C=O) groups is 1. The molecule has 0 saturated carbocycles. The minimum atomic E-state index is -0.278. The summed E-state index contributed by atoms with van der Waals surface area (Å²) >= 11 is 0. The largest absolute Gasteiger partial charge is 0.490 e. The average molecular weight is 431 g/mol. The molecule has 5 heteroatoms. The van der Waals surface area contributed by atoms with Crippen molar-refractivity contribution in [3.8, 4) is 16.9 Å². The van der Waals surface area contributed by atoms with E-state index in [0.29, 0.717) is 5.92 Å². The van der Waals surface area contributed by atoms with Gasteiger partial charge in [0.05, 0.1) is 11.6 Å². The quantitative estimate of drug-likeness (QED) is 0.579. The first-order valence-electron chi connectivity index (χ1n) is 11.6. The molecule has 3 aromatic rings. The molecule has 0 bridgehead atoms. The van der Waals surface area contributed by atoms with Crippen LogP contribution in [-0.2, 0) is 9.53 Å². The number of benzene rings is 2. The summed E-state index contributed by atoms with van der Waals surface area (Å²) in [6.45, 7) is 5.61. The molecule has 2 saturated heterocycles. The molecule has 2 aromatic carbocycles. The number of ether oxygens (including phenoxy) is 2. The van der Waals surface area contributed by atoms with Gasteiger partial charge in [0.2, 0.25) is 0 Å². The second-order valence-electron chi connectivity index (χ2n) is 9.16. The lowest BCUT2D eigenvalue weighted by Crippen LogP contribution is -2.47. The van der Waals surface area contributed by atoms with Crippen molar-refractivity contribution >= 4 is 16.8 Å². The van der Waals surface area contributed by atoms with E-state index in [-0.39, 0.29) is 24.2 Å². The number of nitrogens with zero attached hydrogens (tertiary/aromatic N) is 2. The zero-order valence-electron chi connectivity index (χ0n) is 18.7. The first-order chi connectivity index (χ1) is 15.6. The Morgan fingerprint density at radius 1 is 1.03 bits per heavy atom. The van der Waals surface area contributed by atoms with E-state index in [9.17, 15) is 4.79 Å². The van der Waals surface area contributed by atoms with Crippen LogP contribution in [0.25, 0.3) is 22.0 Å². The number of amides is 1. The van der Waals surface area contributed by atoms with Crippen LogP contribution in [0.2, 0.25) is 0 Å². The lowest BCUT2D eigenvalue weighted by atomic mass is 9.99. The third kappa shape index (κ3) is 4.35. The molecule has 166 valence electrons. The fourth-order valence-electron chi connectivity index (χ4n) is 4.91. The molecule has 0 N–H and O–H groups in total. The van der Waals surface area contributed by atoms with Crippen LogP contribution in [0.3, 0.4) is 0 Å². The number of rotatable bonds is 4. The number of para-hydroxylation sites is 1. The summed E-state index contributed by atoms with van der Waals surface area (Å²) in [7, 11) is 0. The number of hydrogen-bond donors (Lipinski definition) is 0. The molecule has 3 atom stereocenters. The first-order valence-corrected chi connectivity index (χ1v) is 11.6. The Balaban J connectivity index is 1.17. The molecular formula is C27H30N2O3. The predicted molar refractivity (Wildman–Crippen MR) is 126 cm³/mol. The fourth-order valence-corrected chi connectivity index (χ4v) is 4.91. The molecule has 0 spiro atoms. The zero-order chi connectivity index (χ0) is 22.1. The topological polar surface area (TPSA) is 51.7 Å². The number of carbonyl (C=O) groups excluding carboxylic acids is 1. The SMILES string of the molecule is C[C@@H]1C[C@H](C)[C@H](C(=O)N2CCC(Oc3ccc(-c4cnc5ccccc5c4)cc3)CC2)O1. The van der Waals surface area contributed by atoms with Crippen LogP contribution >= 0.6 is 0 Å². The van der Waals surface area contributed by atoms with Gasteiger partial charge in [-0.3, -0.25) is 9.78 Å². The van der Waals surface area contributed by atoms with Gasteiger partial charge in [0, 0.05) is 43.1 Å². The summed E-state index contributed by atoms with van der Waals surface area (Å²) in [5.74, 6) is 1.31. The van der Waals surface area contributed by atoms with Gasteiger partial charge in [-0.15, -0.1) is 0 Å². The Morgan fingerprint density at radius 2 is 1.78 bits per heavy atom. The number of pyridine rings is 1. The van der Waals surface area contributed by atoms with E-state index in [4.69, 9.17) is 9.47 Å². The van der Waals surface area contributed by atoms with Gasteiger partial charge in [-0.25, -0.2) is 0 Å². The van der Waals surface area contributed by atoms with Crippen molar-refractivity contribution < 1.29 is 14.3 Å². The van der Waals surface area contributed by atoms with Crippen molar-refractivity contribution in [3.05, 3.63) is 60.8 Å². The van der Waals surface area contributed by atoms with Gasteiger partial charge in [0.1, 0.15) is 18.0 Å². The highest BCUT2D eigenvalue weighted by Crippen LogP contribution is 2.29. The molecule has 0 unspecified atom stereocenters. The molecule has 0 aliphatic carbocycles. The van der Waals surface area contributed by atoms with Gasteiger partial charge in [0.25, 0.3) is 5.91 Å². The standard InChI is InChI=1S/C27H30N2O3/c1-18-15-19(2)31-26(18)27(30)29-13-11-24(12-14-29)32-23-9-7-20(8-10-23)22-16-21-5-3-4-6-25(21)28-17-22/h3-10,16-19,24,26H,11-15H2,1-2H3/t18-,19+,26+/m0/s1. The maximum Gasteiger partial charge on any atom is 0.251 e. The summed E-state index contributed by atoms with van der Waals surface area (Å²) in [4.78, 5) is 19.3. The molecule has 2 aliphatic heterocycles. The highest BCUT2D eigenvalue weighted by Gasteiger charge is 2.38. The summed E-state index contributed by atoms with van der Waals surface area (Å²) in [5.41, 5.74) is 3.22. The summed E-state index contributed by atoms with van der Waals surface area (Å²) in [5, 5.41) is 1.14. The van der Waals surface area contributed by atoms with Gasteiger partial charge >= 0.3 is 0 Å². The number of likely N-dealkylation sites (tertiary alicyclic amines) is 1. The number of aromatic nitrogens is 1. The van der Waals surface area contributed by atoms with Gasteiger partial charge < -0.3 is 14.4 Å². The van der Waals surface area contributed by atoms with Gasteiger partial charge in [-0.05, 0) is 49.1 Å². The lowest BCUT2D eigenvalue weighted by Gasteiger charge is -2.34. The molecular weight excluding hydrogens is 400 g/mol. The van der Waals surface area contributed by atoms with Crippen LogP contribution < -0.4 is 4.74 Å². The lowest BCUT2D eigenvalue weighted by molar-refractivity contribution is -0.146. The third-order valence-corrected chi connectivity index (χ3v) is 6.68. The normalized spacial score (nSPS) is 24.1. The highest BCUT2D eigenvalue weighted by atomic mass is 16.5. The molecule has 1 amide bonds. The van der Waals surface area contributed by atoms with Crippen molar-refractivity contribution in [2.45, 2.75) is 51.4 Å². The van der Waals surface area contributed by atoms with Crippen LogP contribution in [0.15, 0.2) is 60.8 Å². The molecule has 2 fully saturated rings. The average Bonchev–Trinajstić information content (AvgIpc) is 3.17. The van der Waals surface area contributed by atoms with E-state index >= 15 is 0 Å². The van der Waals surface area contributed by atoms with E-state index in [1.165, 1.54) is 0 Å². The van der Waals surface area contributed by atoms with Crippen molar-refractivity contribution in [3.63, 3.8) is 0 Å². The van der Waals surface area contributed by atoms with Crippen LogP contribution in [-0.4, -0.2) is 47.2 Å². The Hall–Kier alpha value is -2.92. The van der Waals surface area contributed by atoms with E-state index in [0.717, 1.165) is 60.1 Å². The molecule has 0 radical (unpaired) electrons. The van der Waals surface area contributed by atoms with Crippen LogP contribution in [0.1, 0.15) is 33.1 Å². The van der Waals surface area contributed by atoms with Gasteiger partial charge in [0.15, 0.2) is 0 Å².